The molecular formula is C22H21N3O2S. The fourth-order valence-electron chi connectivity index (χ4n) is 3.19. The Morgan fingerprint density at radius 2 is 2.14 bits per heavy atom. The topological polar surface area (TPSA) is 55.3 Å². The molecule has 3 heterocycles. The van der Waals surface area contributed by atoms with Gasteiger partial charge in [-0.3, -0.25) is 9.78 Å². The van der Waals surface area contributed by atoms with Gasteiger partial charge in [-0.25, -0.2) is 4.98 Å². The molecule has 0 bridgehead atoms. The summed E-state index contributed by atoms with van der Waals surface area (Å²) in [6, 6.07) is 11.7. The Morgan fingerprint density at radius 1 is 1.29 bits per heavy atom. The summed E-state index contributed by atoms with van der Waals surface area (Å²) in [4.78, 5) is 23.7. The number of ether oxygens (including phenoxy) is 1. The molecule has 1 unspecified atom stereocenters. The summed E-state index contributed by atoms with van der Waals surface area (Å²) in [5, 5.41) is 2.88. The van der Waals surface area contributed by atoms with Gasteiger partial charge in [-0.15, -0.1) is 11.3 Å². The highest BCUT2D eigenvalue weighted by atomic mass is 32.1. The van der Waals surface area contributed by atoms with E-state index in [4.69, 9.17) is 9.72 Å². The highest BCUT2D eigenvalue weighted by Gasteiger charge is 2.33. The molecule has 5 nitrogen and oxygen atoms in total. The number of thiazole rings is 1. The Bertz CT molecular complexity index is 1030. The first kappa shape index (κ1) is 18.4. The predicted octanol–water partition coefficient (Wildman–Crippen LogP) is 4.95. The van der Waals surface area contributed by atoms with Gasteiger partial charge in [0.2, 0.25) is 0 Å². The average molecular weight is 391 g/mol. The number of hydrogen-bond donors (Lipinski definition) is 0. The first-order chi connectivity index (χ1) is 13.6. The highest BCUT2D eigenvalue weighted by Crippen LogP contribution is 2.39. The van der Waals surface area contributed by atoms with Crippen LogP contribution in [0.4, 0.5) is 5.69 Å². The third-order valence-corrected chi connectivity index (χ3v) is 5.41. The monoisotopic (exact) mass is 391 g/mol. The minimum atomic E-state index is -0.451. The summed E-state index contributed by atoms with van der Waals surface area (Å²) in [5.41, 5.74) is 4.34. The van der Waals surface area contributed by atoms with E-state index < -0.39 is 6.10 Å². The largest absolute Gasteiger partial charge is 0.478 e. The molecule has 142 valence electrons. The average Bonchev–Trinajstić information content (AvgIpc) is 3.20. The lowest BCUT2D eigenvalue weighted by molar-refractivity contribution is -0.126. The van der Waals surface area contributed by atoms with Crippen molar-refractivity contribution in [2.24, 2.45) is 0 Å². The van der Waals surface area contributed by atoms with Crippen LogP contribution in [0.1, 0.15) is 20.3 Å². The van der Waals surface area contributed by atoms with Crippen LogP contribution in [-0.4, -0.2) is 28.5 Å². The molecule has 0 saturated carbocycles. The molecule has 0 aliphatic carbocycles. The fourth-order valence-corrected chi connectivity index (χ4v) is 3.99. The molecule has 1 aliphatic heterocycles. The zero-order valence-electron chi connectivity index (χ0n) is 15.9. The SMILES string of the molecule is C=C(C)CN1C(=O)C(CC)Oc2ccc(-c3csc(-c4ccccn4)n3)cc21. The molecule has 0 spiro atoms. The smallest absolute Gasteiger partial charge is 0.268 e. The van der Waals surface area contributed by atoms with Gasteiger partial charge in [-0.05, 0) is 43.7 Å². The number of pyridine rings is 1. The summed E-state index contributed by atoms with van der Waals surface area (Å²) in [5.74, 6) is 0.694. The quantitative estimate of drug-likeness (QED) is 0.577. The van der Waals surface area contributed by atoms with E-state index in [9.17, 15) is 4.79 Å². The highest BCUT2D eigenvalue weighted by molar-refractivity contribution is 7.13. The third kappa shape index (κ3) is 3.43. The van der Waals surface area contributed by atoms with Gasteiger partial charge >= 0.3 is 0 Å². The molecule has 0 fully saturated rings. The van der Waals surface area contributed by atoms with Gasteiger partial charge < -0.3 is 9.64 Å². The number of rotatable bonds is 5. The number of nitrogens with zero attached hydrogens (tertiary/aromatic N) is 3. The molecule has 1 aliphatic rings. The lowest BCUT2D eigenvalue weighted by atomic mass is 10.1. The van der Waals surface area contributed by atoms with Crippen LogP contribution < -0.4 is 9.64 Å². The van der Waals surface area contributed by atoms with Gasteiger partial charge in [-0.2, -0.15) is 0 Å². The summed E-state index contributed by atoms with van der Waals surface area (Å²) in [7, 11) is 0. The number of amides is 1. The lowest BCUT2D eigenvalue weighted by Crippen LogP contribution is -2.46. The number of carbonyl (C=O) groups is 1. The van der Waals surface area contributed by atoms with Crippen molar-refractivity contribution in [3.05, 3.63) is 60.1 Å². The molecule has 3 aromatic rings. The number of aromatic nitrogens is 2. The van der Waals surface area contributed by atoms with E-state index >= 15 is 0 Å². The van der Waals surface area contributed by atoms with Gasteiger partial charge in [0.05, 0.1) is 17.1 Å². The molecule has 28 heavy (non-hydrogen) atoms. The fraction of sp³-hybridized carbons (Fsp3) is 0.227. The van der Waals surface area contributed by atoms with Crippen LogP contribution in [0.3, 0.4) is 0 Å². The molecular weight excluding hydrogens is 370 g/mol. The Morgan fingerprint density at radius 3 is 2.86 bits per heavy atom. The van der Waals surface area contributed by atoms with Crippen LogP contribution in [0.25, 0.3) is 22.0 Å². The van der Waals surface area contributed by atoms with E-state index in [1.165, 1.54) is 0 Å². The van der Waals surface area contributed by atoms with Crippen molar-refractivity contribution in [2.75, 3.05) is 11.4 Å². The number of hydrogen-bond acceptors (Lipinski definition) is 5. The number of carbonyl (C=O) groups excluding carboxylic acids is 1. The molecule has 0 N–H and O–H groups in total. The van der Waals surface area contributed by atoms with Crippen molar-refractivity contribution in [1.29, 1.82) is 0 Å². The second-order valence-electron chi connectivity index (χ2n) is 6.83. The van der Waals surface area contributed by atoms with Gasteiger partial charge in [-0.1, -0.05) is 25.1 Å². The van der Waals surface area contributed by atoms with Gasteiger partial charge in [0.25, 0.3) is 5.91 Å². The first-order valence-electron chi connectivity index (χ1n) is 9.20. The summed E-state index contributed by atoms with van der Waals surface area (Å²) < 4.78 is 5.92. The normalized spacial score (nSPS) is 15.9. The number of benzene rings is 1. The molecule has 1 aromatic carbocycles. The van der Waals surface area contributed by atoms with Crippen LogP contribution in [0.2, 0.25) is 0 Å². The first-order valence-corrected chi connectivity index (χ1v) is 10.1. The zero-order chi connectivity index (χ0) is 19.7. The summed E-state index contributed by atoms with van der Waals surface area (Å²) >= 11 is 1.55. The van der Waals surface area contributed by atoms with E-state index in [1.807, 2.05) is 55.6 Å². The Hall–Kier alpha value is -2.99. The van der Waals surface area contributed by atoms with Crippen molar-refractivity contribution in [2.45, 2.75) is 26.4 Å². The molecule has 0 radical (unpaired) electrons. The van der Waals surface area contributed by atoms with Crippen LogP contribution in [0, 0.1) is 0 Å². The number of anilines is 1. The maximum absolute atomic E-state index is 12.8. The Kier molecular flexibility index (Phi) is 4.96. The van der Waals surface area contributed by atoms with Crippen molar-refractivity contribution in [3.63, 3.8) is 0 Å². The van der Waals surface area contributed by atoms with E-state index in [0.717, 1.165) is 39.0 Å². The Labute approximate surface area is 168 Å². The van der Waals surface area contributed by atoms with Crippen LogP contribution in [-0.2, 0) is 4.79 Å². The second-order valence-corrected chi connectivity index (χ2v) is 7.69. The van der Waals surface area contributed by atoms with Crippen molar-refractivity contribution >= 4 is 22.9 Å². The maximum atomic E-state index is 12.8. The molecule has 6 heteroatoms. The molecule has 4 rings (SSSR count). The van der Waals surface area contributed by atoms with Crippen molar-refractivity contribution in [3.8, 4) is 27.7 Å². The maximum Gasteiger partial charge on any atom is 0.268 e. The van der Waals surface area contributed by atoms with Crippen LogP contribution >= 0.6 is 11.3 Å². The van der Waals surface area contributed by atoms with E-state index in [2.05, 4.69) is 11.6 Å². The summed E-state index contributed by atoms with van der Waals surface area (Å²) in [6.07, 6.45) is 1.94. The predicted molar refractivity (Wildman–Crippen MR) is 113 cm³/mol. The van der Waals surface area contributed by atoms with E-state index in [1.54, 1.807) is 22.4 Å². The van der Waals surface area contributed by atoms with Crippen molar-refractivity contribution in [1.82, 2.24) is 9.97 Å². The standard InChI is InChI=1S/C22H21N3O2S/c1-4-19-22(26)25(12-14(2)3)18-11-15(8-9-20(18)27-19)17-13-28-21(24-17)16-7-5-6-10-23-16/h5-11,13,19H,2,4,12H2,1,3H3. The molecule has 1 atom stereocenters. The molecule has 2 aromatic heterocycles. The second kappa shape index (κ2) is 7.56. The zero-order valence-corrected chi connectivity index (χ0v) is 16.7. The lowest BCUT2D eigenvalue weighted by Gasteiger charge is -2.34. The van der Waals surface area contributed by atoms with Crippen molar-refractivity contribution < 1.29 is 9.53 Å². The van der Waals surface area contributed by atoms with Gasteiger partial charge in [0.1, 0.15) is 10.8 Å². The Balaban J connectivity index is 1.72. The minimum Gasteiger partial charge on any atom is -0.478 e. The molecule has 1 amide bonds. The van der Waals surface area contributed by atoms with E-state index in [-0.39, 0.29) is 5.91 Å². The third-order valence-electron chi connectivity index (χ3n) is 4.54. The van der Waals surface area contributed by atoms with E-state index in [0.29, 0.717) is 13.0 Å². The van der Waals surface area contributed by atoms with Gasteiger partial charge in [0.15, 0.2) is 6.10 Å². The molecule has 0 saturated heterocycles. The van der Waals surface area contributed by atoms with Crippen LogP contribution in [0.15, 0.2) is 60.1 Å². The van der Waals surface area contributed by atoms with Gasteiger partial charge in [0, 0.05) is 23.7 Å². The summed E-state index contributed by atoms with van der Waals surface area (Å²) in [6.45, 7) is 8.33. The number of fused-ring (bicyclic) bond motifs is 1. The minimum absolute atomic E-state index is 0.0254. The van der Waals surface area contributed by atoms with Crippen LogP contribution in [0.5, 0.6) is 5.75 Å².